The second kappa shape index (κ2) is 7.21. The molecule has 130 valence electrons. The van der Waals surface area contributed by atoms with Crippen molar-refractivity contribution >= 4 is 17.7 Å². The van der Waals surface area contributed by atoms with E-state index in [1.165, 1.54) is 0 Å². The van der Waals surface area contributed by atoms with Crippen molar-refractivity contribution in [2.24, 2.45) is 0 Å². The van der Waals surface area contributed by atoms with Crippen LogP contribution in [0.2, 0.25) is 0 Å². The molecule has 1 atom stereocenters. The molecule has 4 rings (SSSR count). The zero-order valence-electron chi connectivity index (χ0n) is 13.7. The molecule has 2 saturated heterocycles. The lowest BCUT2D eigenvalue weighted by atomic mass is 10.1. The zero-order valence-corrected chi connectivity index (χ0v) is 14.5. The van der Waals surface area contributed by atoms with E-state index >= 15 is 0 Å². The first-order valence-corrected chi connectivity index (χ1v) is 9.60. The largest absolute Gasteiger partial charge is 0.486 e. The van der Waals surface area contributed by atoms with Gasteiger partial charge in [0.25, 0.3) is 0 Å². The molecule has 0 radical (unpaired) electrons. The monoisotopic (exact) mass is 349 g/mol. The number of fused-ring (bicyclic) bond motifs is 1. The van der Waals surface area contributed by atoms with Crippen LogP contribution in [-0.2, 0) is 4.79 Å². The summed E-state index contributed by atoms with van der Waals surface area (Å²) in [4.78, 5) is 16.8. The molecule has 3 heterocycles. The Morgan fingerprint density at radius 2 is 1.92 bits per heavy atom. The van der Waals surface area contributed by atoms with E-state index in [0.717, 1.165) is 56.3 Å². The van der Waals surface area contributed by atoms with Gasteiger partial charge in [0.1, 0.15) is 18.6 Å². The van der Waals surface area contributed by atoms with E-state index in [9.17, 15) is 4.79 Å². The number of nitrogens with one attached hydrogen (secondary N) is 1. The van der Waals surface area contributed by atoms with Crippen molar-refractivity contribution in [2.45, 2.75) is 5.37 Å². The van der Waals surface area contributed by atoms with Crippen molar-refractivity contribution in [3.63, 3.8) is 0 Å². The summed E-state index contributed by atoms with van der Waals surface area (Å²) in [6.07, 6.45) is 0. The number of carbonyl (C=O) groups excluding carboxylic acids is 1. The molecule has 1 amide bonds. The van der Waals surface area contributed by atoms with Crippen LogP contribution in [0.3, 0.4) is 0 Å². The number of nitrogens with zero attached hydrogens (tertiary/aromatic N) is 2. The summed E-state index contributed by atoms with van der Waals surface area (Å²) in [7, 11) is 0. The van der Waals surface area contributed by atoms with Gasteiger partial charge in [0.2, 0.25) is 5.91 Å². The molecule has 3 aliphatic rings. The Morgan fingerprint density at radius 1 is 1.12 bits per heavy atom. The average Bonchev–Trinajstić information content (AvgIpc) is 3.01. The van der Waals surface area contributed by atoms with Crippen LogP contribution in [-0.4, -0.2) is 73.9 Å². The zero-order chi connectivity index (χ0) is 16.4. The van der Waals surface area contributed by atoms with Gasteiger partial charge in [-0.3, -0.25) is 9.69 Å². The molecule has 0 bridgehead atoms. The Labute approximate surface area is 146 Å². The Bertz CT molecular complexity index is 607. The Balaban J connectivity index is 1.45. The van der Waals surface area contributed by atoms with E-state index in [0.29, 0.717) is 19.0 Å². The van der Waals surface area contributed by atoms with Gasteiger partial charge in [-0.2, -0.15) is 0 Å². The minimum Gasteiger partial charge on any atom is -0.486 e. The lowest BCUT2D eigenvalue weighted by molar-refractivity contribution is -0.128. The van der Waals surface area contributed by atoms with Crippen LogP contribution in [0.4, 0.5) is 0 Å². The number of hydrogen-bond acceptors (Lipinski definition) is 6. The molecule has 0 unspecified atom stereocenters. The first-order chi connectivity index (χ1) is 11.8. The molecular weight excluding hydrogens is 326 g/mol. The van der Waals surface area contributed by atoms with Crippen LogP contribution in [0.1, 0.15) is 10.9 Å². The molecule has 24 heavy (non-hydrogen) atoms. The first-order valence-electron chi connectivity index (χ1n) is 8.55. The van der Waals surface area contributed by atoms with Crippen LogP contribution in [0.5, 0.6) is 11.5 Å². The molecule has 0 aromatic heterocycles. The normalized spacial score (nSPS) is 24.4. The summed E-state index contributed by atoms with van der Waals surface area (Å²) >= 11 is 1.70. The summed E-state index contributed by atoms with van der Waals surface area (Å²) in [5, 5.41) is 3.44. The van der Waals surface area contributed by atoms with Crippen molar-refractivity contribution in [2.75, 3.05) is 58.2 Å². The molecular formula is C17H23N3O3S. The summed E-state index contributed by atoms with van der Waals surface area (Å²) < 4.78 is 11.3. The molecule has 0 aliphatic carbocycles. The van der Waals surface area contributed by atoms with Crippen molar-refractivity contribution in [3.05, 3.63) is 23.8 Å². The fraction of sp³-hybridized carbons (Fsp3) is 0.588. The quantitative estimate of drug-likeness (QED) is 0.873. The van der Waals surface area contributed by atoms with Gasteiger partial charge in [0, 0.05) is 39.3 Å². The summed E-state index contributed by atoms with van der Waals surface area (Å²) in [5.74, 6) is 2.38. The van der Waals surface area contributed by atoms with E-state index in [2.05, 4.69) is 16.3 Å². The minimum absolute atomic E-state index is 0.0799. The van der Waals surface area contributed by atoms with E-state index in [4.69, 9.17) is 9.47 Å². The molecule has 3 aliphatic heterocycles. The highest BCUT2D eigenvalue weighted by Crippen LogP contribution is 2.41. The molecule has 0 spiro atoms. The fourth-order valence-corrected chi connectivity index (χ4v) is 4.58. The lowest BCUT2D eigenvalue weighted by Crippen LogP contribution is -2.46. The predicted molar refractivity (Wildman–Crippen MR) is 93.7 cm³/mol. The van der Waals surface area contributed by atoms with Crippen molar-refractivity contribution in [1.82, 2.24) is 15.1 Å². The maximum absolute atomic E-state index is 12.3. The van der Waals surface area contributed by atoms with Crippen molar-refractivity contribution < 1.29 is 14.3 Å². The smallest absolute Gasteiger partial charge is 0.233 e. The fourth-order valence-electron chi connectivity index (χ4n) is 3.37. The Morgan fingerprint density at radius 3 is 2.75 bits per heavy atom. The maximum Gasteiger partial charge on any atom is 0.233 e. The molecule has 2 fully saturated rings. The standard InChI is InChI=1S/C17H23N3O3S/c21-16-12-24-17(20(16)8-7-19-5-3-18-4-6-19)13-1-2-14-15(11-13)23-10-9-22-14/h1-2,11,17-18H,3-10,12H2/t17-/m0/s1. The summed E-state index contributed by atoms with van der Waals surface area (Å²) in [6, 6.07) is 6.05. The van der Waals surface area contributed by atoms with Gasteiger partial charge >= 0.3 is 0 Å². The highest BCUT2D eigenvalue weighted by molar-refractivity contribution is 8.00. The first kappa shape index (κ1) is 16.1. The number of benzene rings is 1. The average molecular weight is 349 g/mol. The van der Waals surface area contributed by atoms with Gasteiger partial charge in [0.05, 0.1) is 5.75 Å². The number of hydrogen-bond donors (Lipinski definition) is 1. The SMILES string of the molecule is O=C1CS[C@@H](c2ccc3c(c2)OCCO3)N1CCN1CCNCC1. The van der Waals surface area contributed by atoms with Crippen LogP contribution in [0.25, 0.3) is 0 Å². The minimum atomic E-state index is 0.0799. The maximum atomic E-state index is 12.3. The molecule has 1 aromatic rings. The predicted octanol–water partition coefficient (Wildman–Crippen LogP) is 0.937. The molecule has 6 nitrogen and oxygen atoms in total. The number of carbonyl (C=O) groups is 1. The van der Waals surface area contributed by atoms with E-state index < -0.39 is 0 Å². The number of rotatable bonds is 4. The third kappa shape index (κ3) is 3.34. The summed E-state index contributed by atoms with van der Waals surface area (Å²) in [5.41, 5.74) is 1.12. The van der Waals surface area contributed by atoms with Gasteiger partial charge in [-0.05, 0) is 17.7 Å². The molecule has 1 aromatic carbocycles. The number of thioether (sulfide) groups is 1. The third-order valence-corrected chi connectivity index (χ3v) is 5.94. The van der Waals surface area contributed by atoms with E-state index in [1.54, 1.807) is 11.8 Å². The van der Waals surface area contributed by atoms with Gasteiger partial charge in [-0.15, -0.1) is 11.8 Å². The lowest BCUT2D eigenvalue weighted by Gasteiger charge is -2.31. The highest BCUT2D eigenvalue weighted by atomic mass is 32.2. The van der Waals surface area contributed by atoms with Crippen LogP contribution in [0, 0.1) is 0 Å². The topological polar surface area (TPSA) is 54.0 Å². The Hall–Kier alpha value is -1.44. The second-order valence-corrected chi connectivity index (χ2v) is 7.31. The summed E-state index contributed by atoms with van der Waals surface area (Å²) in [6.45, 7) is 7.09. The number of piperazine rings is 1. The number of ether oxygens (including phenoxy) is 2. The van der Waals surface area contributed by atoms with E-state index in [-0.39, 0.29) is 11.3 Å². The van der Waals surface area contributed by atoms with Gasteiger partial charge < -0.3 is 19.7 Å². The Kier molecular flexibility index (Phi) is 4.82. The number of amides is 1. The van der Waals surface area contributed by atoms with Crippen LogP contribution < -0.4 is 14.8 Å². The molecule has 1 N–H and O–H groups in total. The van der Waals surface area contributed by atoms with Gasteiger partial charge in [-0.25, -0.2) is 0 Å². The molecule has 0 saturated carbocycles. The molecule has 7 heteroatoms. The van der Waals surface area contributed by atoms with Gasteiger partial charge in [0.15, 0.2) is 11.5 Å². The van der Waals surface area contributed by atoms with Crippen LogP contribution in [0.15, 0.2) is 18.2 Å². The van der Waals surface area contributed by atoms with Crippen LogP contribution >= 0.6 is 11.8 Å². The van der Waals surface area contributed by atoms with Crippen molar-refractivity contribution in [3.8, 4) is 11.5 Å². The third-order valence-electron chi connectivity index (χ3n) is 4.69. The second-order valence-electron chi connectivity index (χ2n) is 6.25. The highest BCUT2D eigenvalue weighted by Gasteiger charge is 2.33. The van der Waals surface area contributed by atoms with Crippen molar-refractivity contribution in [1.29, 1.82) is 0 Å². The van der Waals surface area contributed by atoms with Gasteiger partial charge in [-0.1, -0.05) is 6.07 Å². The van der Waals surface area contributed by atoms with E-state index in [1.807, 2.05) is 17.0 Å².